The van der Waals surface area contributed by atoms with Crippen molar-refractivity contribution in [3.63, 3.8) is 0 Å². The van der Waals surface area contributed by atoms with Crippen LogP contribution in [0.3, 0.4) is 0 Å². The smallest absolute Gasteiger partial charge is 0.416 e. The van der Waals surface area contributed by atoms with E-state index in [1.54, 1.807) is 36.4 Å². The molecule has 4 rings (SSSR count). The SMILES string of the molecule is O=C(O)CC[C@H](NC(=O)[C@H](CC(=O)O)NC(=O)[C@H](Cc1ccc(C(F)(F)F)cc1)NC(=O)c1cc2cc(Cl)ccc2[nH]1)C(=O)Nc1ccccc1. The average molecular weight is 730 g/mol. The summed E-state index contributed by atoms with van der Waals surface area (Å²) in [7, 11) is 0. The van der Waals surface area contributed by atoms with E-state index in [9.17, 15) is 52.2 Å². The first-order valence-corrected chi connectivity index (χ1v) is 15.6. The van der Waals surface area contributed by atoms with Crippen LogP contribution in [-0.2, 0) is 36.6 Å². The number of carboxylic acid groups (broad SMARTS) is 2. The molecular formula is C34H31ClF3N5O8. The third-order valence-electron chi connectivity index (χ3n) is 7.50. The summed E-state index contributed by atoms with van der Waals surface area (Å²) in [5, 5.41) is 29.2. The van der Waals surface area contributed by atoms with Crippen molar-refractivity contribution >= 4 is 63.8 Å². The predicted octanol–water partition coefficient (Wildman–Crippen LogP) is 4.13. The summed E-state index contributed by atoms with van der Waals surface area (Å²) in [6, 6.07) is 13.1. The van der Waals surface area contributed by atoms with Gasteiger partial charge in [-0.3, -0.25) is 28.8 Å². The number of anilines is 1. The topological polar surface area (TPSA) is 207 Å². The lowest BCUT2D eigenvalue weighted by atomic mass is 10.0. The van der Waals surface area contributed by atoms with Crippen molar-refractivity contribution in [1.29, 1.82) is 0 Å². The van der Waals surface area contributed by atoms with Crippen molar-refractivity contribution in [2.75, 3.05) is 5.32 Å². The molecule has 0 unspecified atom stereocenters. The zero-order chi connectivity index (χ0) is 37.3. The number of benzene rings is 3. The van der Waals surface area contributed by atoms with Crippen LogP contribution < -0.4 is 21.3 Å². The van der Waals surface area contributed by atoms with Crippen LogP contribution in [0, 0.1) is 0 Å². The third kappa shape index (κ3) is 11.1. The van der Waals surface area contributed by atoms with E-state index in [0.29, 0.717) is 21.6 Å². The van der Waals surface area contributed by atoms with Crippen LogP contribution in [0.5, 0.6) is 0 Å². The Morgan fingerprint density at radius 2 is 1.39 bits per heavy atom. The van der Waals surface area contributed by atoms with Gasteiger partial charge in [-0.2, -0.15) is 13.2 Å². The molecule has 3 atom stereocenters. The minimum Gasteiger partial charge on any atom is -0.481 e. The van der Waals surface area contributed by atoms with Gasteiger partial charge in [-0.25, -0.2) is 0 Å². The number of para-hydroxylation sites is 1. The van der Waals surface area contributed by atoms with Crippen molar-refractivity contribution in [1.82, 2.24) is 20.9 Å². The number of amides is 4. The molecule has 0 aliphatic carbocycles. The Kier molecular flexibility index (Phi) is 12.4. The molecule has 0 aliphatic heterocycles. The molecule has 4 aromatic rings. The Morgan fingerprint density at radius 1 is 0.745 bits per heavy atom. The lowest BCUT2D eigenvalue weighted by molar-refractivity contribution is -0.141. The highest BCUT2D eigenvalue weighted by Crippen LogP contribution is 2.29. The van der Waals surface area contributed by atoms with E-state index in [0.717, 1.165) is 24.3 Å². The zero-order valence-electron chi connectivity index (χ0n) is 26.4. The van der Waals surface area contributed by atoms with E-state index < -0.39 is 84.7 Å². The number of fused-ring (bicyclic) bond motifs is 1. The van der Waals surface area contributed by atoms with E-state index in [1.165, 1.54) is 18.2 Å². The number of carboxylic acids is 2. The molecule has 0 fully saturated rings. The second-order valence-corrected chi connectivity index (χ2v) is 11.8. The van der Waals surface area contributed by atoms with Crippen LogP contribution in [0.25, 0.3) is 10.9 Å². The summed E-state index contributed by atoms with van der Waals surface area (Å²) < 4.78 is 39.5. The number of rotatable bonds is 15. The highest BCUT2D eigenvalue weighted by atomic mass is 35.5. The van der Waals surface area contributed by atoms with Gasteiger partial charge in [-0.05, 0) is 60.5 Å². The van der Waals surface area contributed by atoms with Crippen molar-refractivity contribution in [3.8, 4) is 0 Å². The van der Waals surface area contributed by atoms with Crippen molar-refractivity contribution in [2.24, 2.45) is 0 Å². The second kappa shape index (κ2) is 16.7. The Hall–Kier alpha value is -5.90. The number of halogens is 4. The van der Waals surface area contributed by atoms with Crippen LogP contribution in [-0.4, -0.2) is 68.9 Å². The van der Waals surface area contributed by atoms with E-state index in [-0.39, 0.29) is 17.7 Å². The fourth-order valence-corrected chi connectivity index (χ4v) is 5.13. The third-order valence-corrected chi connectivity index (χ3v) is 7.74. The number of carbonyl (C=O) groups excluding carboxylic acids is 4. The molecule has 0 bridgehead atoms. The minimum atomic E-state index is -4.64. The van der Waals surface area contributed by atoms with Gasteiger partial charge in [0.2, 0.25) is 17.7 Å². The Balaban J connectivity index is 1.58. The van der Waals surface area contributed by atoms with E-state index in [1.807, 2.05) is 0 Å². The van der Waals surface area contributed by atoms with E-state index in [2.05, 4.69) is 26.3 Å². The van der Waals surface area contributed by atoms with Gasteiger partial charge >= 0.3 is 18.1 Å². The fourth-order valence-electron chi connectivity index (χ4n) is 4.95. The number of nitrogens with one attached hydrogen (secondary N) is 5. The molecular weight excluding hydrogens is 699 g/mol. The molecule has 4 amide bonds. The van der Waals surface area contributed by atoms with E-state index >= 15 is 0 Å². The van der Waals surface area contributed by atoms with Crippen LogP contribution in [0.2, 0.25) is 5.02 Å². The molecule has 0 spiro atoms. The number of hydrogen-bond acceptors (Lipinski definition) is 6. The van der Waals surface area contributed by atoms with Gasteiger partial charge in [-0.1, -0.05) is 41.9 Å². The maximum absolute atomic E-state index is 13.7. The van der Waals surface area contributed by atoms with Gasteiger partial charge in [0.25, 0.3) is 5.91 Å². The molecule has 51 heavy (non-hydrogen) atoms. The summed E-state index contributed by atoms with van der Waals surface area (Å²) in [5.74, 6) is -6.69. The Bertz CT molecular complexity index is 1920. The van der Waals surface area contributed by atoms with Crippen molar-refractivity contribution in [2.45, 2.75) is 50.0 Å². The second-order valence-electron chi connectivity index (χ2n) is 11.3. The first-order chi connectivity index (χ1) is 24.1. The monoisotopic (exact) mass is 729 g/mol. The molecule has 0 radical (unpaired) electrons. The summed E-state index contributed by atoms with van der Waals surface area (Å²) in [4.78, 5) is 79.3. The quantitative estimate of drug-likeness (QED) is 0.0945. The maximum atomic E-state index is 13.7. The summed E-state index contributed by atoms with van der Waals surface area (Å²) in [5.41, 5.74) is 0.0630. The molecule has 17 heteroatoms. The van der Waals surface area contributed by atoms with Crippen LogP contribution >= 0.6 is 11.6 Å². The van der Waals surface area contributed by atoms with Crippen LogP contribution in [0.15, 0.2) is 78.9 Å². The number of hydrogen-bond donors (Lipinski definition) is 7. The molecule has 1 aromatic heterocycles. The molecule has 0 saturated heterocycles. The van der Waals surface area contributed by atoms with Gasteiger partial charge in [0.1, 0.15) is 23.8 Å². The van der Waals surface area contributed by atoms with Gasteiger partial charge in [0, 0.05) is 34.5 Å². The number of alkyl halides is 3. The fraction of sp³-hybridized carbons (Fsp3) is 0.235. The zero-order valence-corrected chi connectivity index (χ0v) is 27.2. The van der Waals surface area contributed by atoms with Crippen LogP contribution in [0.1, 0.15) is 40.9 Å². The molecule has 1 heterocycles. The highest BCUT2D eigenvalue weighted by molar-refractivity contribution is 6.31. The Labute approximate surface area is 292 Å². The first-order valence-electron chi connectivity index (χ1n) is 15.2. The predicted molar refractivity (Wildman–Crippen MR) is 178 cm³/mol. The van der Waals surface area contributed by atoms with Crippen LogP contribution in [0.4, 0.5) is 18.9 Å². The van der Waals surface area contributed by atoms with Gasteiger partial charge in [-0.15, -0.1) is 0 Å². The number of aromatic nitrogens is 1. The standard InChI is InChI=1S/C34H31ClF3N5O8/c35-21-10-11-23-19(15-21)16-26(40-23)32(50)42-25(14-18-6-8-20(9-7-18)34(36,37)38)31(49)43-27(17-29(46)47)33(51)41-24(12-13-28(44)45)30(48)39-22-4-2-1-3-5-22/h1-11,15-16,24-25,27,40H,12-14,17H2,(H,39,48)(H,41,51)(H,42,50)(H,43,49)(H,44,45)(H,46,47)/t24-,25-,27-/m0/s1. The van der Waals surface area contributed by atoms with Crippen molar-refractivity contribution in [3.05, 3.63) is 101 Å². The summed E-state index contributed by atoms with van der Waals surface area (Å²) in [6.45, 7) is 0. The van der Waals surface area contributed by atoms with Gasteiger partial charge in [0.15, 0.2) is 0 Å². The molecule has 13 nitrogen and oxygen atoms in total. The largest absolute Gasteiger partial charge is 0.481 e. The number of aromatic amines is 1. The van der Waals surface area contributed by atoms with E-state index in [4.69, 9.17) is 11.6 Å². The highest BCUT2D eigenvalue weighted by Gasteiger charge is 2.33. The first kappa shape index (κ1) is 37.9. The number of aliphatic carboxylic acids is 2. The van der Waals surface area contributed by atoms with Gasteiger partial charge in [0.05, 0.1) is 12.0 Å². The molecule has 0 saturated carbocycles. The number of H-pyrrole nitrogens is 1. The minimum absolute atomic E-state index is 0.0111. The van der Waals surface area contributed by atoms with Crippen molar-refractivity contribution < 1.29 is 52.2 Å². The lowest BCUT2D eigenvalue weighted by Gasteiger charge is -2.24. The number of carbonyl (C=O) groups is 6. The normalized spacial score (nSPS) is 13.0. The molecule has 7 N–H and O–H groups in total. The average Bonchev–Trinajstić information content (AvgIpc) is 3.49. The lowest BCUT2D eigenvalue weighted by Crippen LogP contribution is -2.57. The summed E-state index contributed by atoms with van der Waals surface area (Å²) in [6.07, 6.45) is -6.96. The maximum Gasteiger partial charge on any atom is 0.416 e. The molecule has 3 aromatic carbocycles. The van der Waals surface area contributed by atoms with Gasteiger partial charge < -0.3 is 36.5 Å². The Morgan fingerprint density at radius 3 is 2.02 bits per heavy atom. The molecule has 268 valence electrons. The summed E-state index contributed by atoms with van der Waals surface area (Å²) >= 11 is 6.03. The molecule has 0 aliphatic rings.